The van der Waals surface area contributed by atoms with Crippen LogP contribution >= 0.6 is 23.4 Å². The van der Waals surface area contributed by atoms with Crippen molar-refractivity contribution in [3.63, 3.8) is 0 Å². The van der Waals surface area contributed by atoms with Gasteiger partial charge in [0.25, 0.3) is 0 Å². The number of rotatable bonds is 9. The number of thioether (sulfide) groups is 1. The molecule has 0 atom stereocenters. The molecule has 3 rings (SSSR count). The zero-order chi connectivity index (χ0) is 23.1. The average Bonchev–Trinajstić information content (AvgIpc) is 2.77. The van der Waals surface area contributed by atoms with Crippen molar-refractivity contribution in [3.8, 4) is 0 Å². The summed E-state index contributed by atoms with van der Waals surface area (Å²) in [7, 11) is -3.74. The lowest BCUT2D eigenvalue weighted by molar-refractivity contribution is -0.125. The van der Waals surface area contributed by atoms with Gasteiger partial charge in [0.15, 0.2) is 0 Å². The SMILES string of the molecule is O=C(NCCSCc1ccccc1F)C1CCN(S(=O)(=O)Cc2c(F)cccc2Cl)CC1. The Labute approximate surface area is 196 Å². The number of nitrogens with zero attached hydrogens (tertiary/aromatic N) is 1. The van der Waals surface area contributed by atoms with Crippen LogP contribution in [0.1, 0.15) is 24.0 Å². The zero-order valence-electron chi connectivity index (χ0n) is 17.4. The number of carbonyl (C=O) groups is 1. The second-order valence-corrected chi connectivity index (χ2v) is 11.0. The van der Waals surface area contributed by atoms with Crippen molar-refractivity contribution in [1.82, 2.24) is 9.62 Å². The van der Waals surface area contributed by atoms with Gasteiger partial charge in [-0.2, -0.15) is 11.8 Å². The van der Waals surface area contributed by atoms with E-state index in [-0.39, 0.29) is 41.3 Å². The number of piperidine rings is 1. The highest BCUT2D eigenvalue weighted by Crippen LogP contribution is 2.26. The van der Waals surface area contributed by atoms with Gasteiger partial charge in [-0.25, -0.2) is 21.5 Å². The van der Waals surface area contributed by atoms with Crippen LogP contribution in [0.25, 0.3) is 0 Å². The highest BCUT2D eigenvalue weighted by atomic mass is 35.5. The second kappa shape index (κ2) is 11.4. The molecule has 2 aromatic carbocycles. The Morgan fingerprint density at radius 3 is 2.47 bits per heavy atom. The summed E-state index contributed by atoms with van der Waals surface area (Å²) in [4.78, 5) is 12.4. The maximum atomic E-state index is 14.0. The van der Waals surface area contributed by atoms with E-state index in [0.717, 1.165) is 0 Å². The second-order valence-electron chi connectivity index (χ2n) is 7.56. The summed E-state index contributed by atoms with van der Waals surface area (Å²) in [6.07, 6.45) is 0.802. The lowest BCUT2D eigenvalue weighted by Gasteiger charge is -2.30. The average molecular weight is 503 g/mol. The lowest BCUT2D eigenvalue weighted by Crippen LogP contribution is -2.43. The van der Waals surface area contributed by atoms with Crippen molar-refractivity contribution < 1.29 is 22.0 Å². The van der Waals surface area contributed by atoms with Gasteiger partial charge < -0.3 is 5.32 Å². The van der Waals surface area contributed by atoms with Crippen molar-refractivity contribution in [2.75, 3.05) is 25.4 Å². The number of sulfonamides is 1. The first-order valence-corrected chi connectivity index (χ1v) is 13.4. The fourth-order valence-corrected chi connectivity index (χ4v) is 6.29. The number of halogens is 3. The van der Waals surface area contributed by atoms with Crippen LogP contribution in [0.15, 0.2) is 42.5 Å². The molecule has 1 heterocycles. The Morgan fingerprint density at radius 2 is 1.78 bits per heavy atom. The molecule has 10 heteroatoms. The van der Waals surface area contributed by atoms with E-state index in [1.54, 1.807) is 18.2 Å². The molecule has 1 N–H and O–H groups in total. The number of hydrogen-bond donors (Lipinski definition) is 1. The first-order valence-electron chi connectivity index (χ1n) is 10.3. The molecular formula is C22H25ClF2N2O3S2. The summed E-state index contributed by atoms with van der Waals surface area (Å²) in [5.41, 5.74) is 0.594. The Bertz CT molecular complexity index is 1020. The third kappa shape index (κ3) is 6.66. The summed E-state index contributed by atoms with van der Waals surface area (Å²) < 4.78 is 54.2. The maximum Gasteiger partial charge on any atom is 0.223 e. The van der Waals surface area contributed by atoms with Crippen molar-refractivity contribution in [3.05, 3.63) is 70.2 Å². The van der Waals surface area contributed by atoms with Gasteiger partial charge in [-0.1, -0.05) is 35.9 Å². The summed E-state index contributed by atoms with van der Waals surface area (Å²) in [6, 6.07) is 10.7. The van der Waals surface area contributed by atoms with Gasteiger partial charge in [-0.3, -0.25) is 4.79 Å². The molecule has 5 nitrogen and oxygen atoms in total. The summed E-state index contributed by atoms with van der Waals surface area (Å²) in [5, 5.41) is 2.95. The molecule has 1 aliphatic rings. The van der Waals surface area contributed by atoms with Crippen LogP contribution in [-0.4, -0.2) is 44.0 Å². The van der Waals surface area contributed by atoms with Crippen LogP contribution in [0.4, 0.5) is 8.78 Å². The highest BCUT2D eigenvalue weighted by molar-refractivity contribution is 7.98. The van der Waals surface area contributed by atoms with Gasteiger partial charge >= 0.3 is 0 Å². The van der Waals surface area contributed by atoms with E-state index in [2.05, 4.69) is 5.32 Å². The van der Waals surface area contributed by atoms with Crippen LogP contribution in [0, 0.1) is 17.6 Å². The number of carbonyl (C=O) groups excluding carboxylic acids is 1. The van der Waals surface area contributed by atoms with E-state index in [1.165, 1.54) is 40.3 Å². The molecular weight excluding hydrogens is 478 g/mol. The van der Waals surface area contributed by atoms with Crippen molar-refractivity contribution in [2.45, 2.75) is 24.3 Å². The van der Waals surface area contributed by atoms with E-state index in [1.807, 2.05) is 0 Å². The minimum absolute atomic E-state index is 0.0399. The number of benzene rings is 2. The van der Waals surface area contributed by atoms with Crippen LogP contribution in [0.5, 0.6) is 0 Å². The monoisotopic (exact) mass is 502 g/mol. The fourth-order valence-electron chi connectivity index (χ4n) is 3.53. The van der Waals surface area contributed by atoms with E-state index >= 15 is 0 Å². The lowest BCUT2D eigenvalue weighted by atomic mass is 9.97. The van der Waals surface area contributed by atoms with Gasteiger partial charge in [0.2, 0.25) is 15.9 Å². The third-order valence-corrected chi connectivity index (χ3v) is 8.54. The van der Waals surface area contributed by atoms with Gasteiger partial charge in [-0.05, 0) is 36.6 Å². The van der Waals surface area contributed by atoms with E-state index < -0.39 is 21.6 Å². The van der Waals surface area contributed by atoms with Gasteiger partial charge in [-0.15, -0.1) is 0 Å². The van der Waals surface area contributed by atoms with Crippen molar-refractivity contribution >= 4 is 39.3 Å². The maximum absolute atomic E-state index is 14.0. The van der Waals surface area contributed by atoms with Crippen LogP contribution in [-0.2, 0) is 26.3 Å². The zero-order valence-corrected chi connectivity index (χ0v) is 19.8. The molecule has 1 amide bonds. The Balaban J connectivity index is 1.41. The van der Waals surface area contributed by atoms with Gasteiger partial charge in [0, 0.05) is 47.6 Å². The first kappa shape index (κ1) is 25.0. The minimum Gasteiger partial charge on any atom is -0.355 e. The molecule has 1 fully saturated rings. The van der Waals surface area contributed by atoms with E-state index in [9.17, 15) is 22.0 Å². The third-order valence-electron chi connectivity index (χ3n) is 5.37. The highest BCUT2D eigenvalue weighted by Gasteiger charge is 2.32. The molecule has 0 radical (unpaired) electrons. The van der Waals surface area contributed by atoms with Crippen molar-refractivity contribution in [1.29, 1.82) is 0 Å². The summed E-state index contributed by atoms with van der Waals surface area (Å²) in [5.74, 6) is -0.581. The number of hydrogen-bond acceptors (Lipinski definition) is 4. The minimum atomic E-state index is -3.74. The van der Waals surface area contributed by atoms with Crippen LogP contribution in [0.3, 0.4) is 0 Å². The Morgan fingerprint density at radius 1 is 1.09 bits per heavy atom. The Kier molecular flexibility index (Phi) is 8.93. The van der Waals surface area contributed by atoms with Crippen molar-refractivity contribution in [2.24, 2.45) is 5.92 Å². The molecule has 174 valence electrons. The quantitative estimate of drug-likeness (QED) is 0.522. The topological polar surface area (TPSA) is 66.5 Å². The largest absolute Gasteiger partial charge is 0.355 e. The smallest absolute Gasteiger partial charge is 0.223 e. The standard InChI is InChI=1S/C22H25ClF2N2O3S2/c23-19-5-3-7-21(25)18(19)15-32(29,30)27-11-8-16(9-12-27)22(28)26-10-13-31-14-17-4-1-2-6-20(17)24/h1-7,16H,8-15H2,(H,26,28). The number of amides is 1. The molecule has 0 spiro atoms. The normalized spacial score (nSPS) is 15.6. The van der Waals surface area contributed by atoms with Gasteiger partial charge in [0.1, 0.15) is 11.6 Å². The fraction of sp³-hybridized carbons (Fsp3) is 0.409. The molecule has 32 heavy (non-hydrogen) atoms. The van der Waals surface area contributed by atoms with Gasteiger partial charge in [0.05, 0.1) is 5.75 Å². The predicted octanol–water partition coefficient (Wildman–Crippen LogP) is 4.21. The summed E-state index contributed by atoms with van der Waals surface area (Å²) >= 11 is 7.49. The molecule has 0 aromatic heterocycles. The molecule has 2 aromatic rings. The molecule has 1 aliphatic heterocycles. The molecule has 0 bridgehead atoms. The molecule has 0 saturated carbocycles. The van der Waals surface area contributed by atoms with Crippen LogP contribution in [0.2, 0.25) is 5.02 Å². The van der Waals surface area contributed by atoms with E-state index in [0.29, 0.717) is 36.5 Å². The Hall–Kier alpha value is -1.68. The van der Waals surface area contributed by atoms with Crippen LogP contribution < -0.4 is 5.32 Å². The first-order chi connectivity index (χ1) is 15.3. The molecule has 1 saturated heterocycles. The van der Waals surface area contributed by atoms with E-state index in [4.69, 9.17) is 11.6 Å². The number of nitrogens with one attached hydrogen (secondary N) is 1. The summed E-state index contributed by atoms with van der Waals surface area (Å²) in [6.45, 7) is 0.866. The predicted molar refractivity (Wildman–Crippen MR) is 124 cm³/mol. The molecule has 0 aliphatic carbocycles. The molecule has 0 unspecified atom stereocenters.